The third-order valence-corrected chi connectivity index (χ3v) is 5.10. The maximum atomic E-state index is 13.1. The predicted octanol–water partition coefficient (Wildman–Crippen LogP) is 3.47. The number of fused-ring (bicyclic) bond motifs is 1. The number of pyridine rings is 1. The summed E-state index contributed by atoms with van der Waals surface area (Å²) >= 11 is 0. The Labute approximate surface area is 179 Å². The van der Waals surface area contributed by atoms with Gasteiger partial charge >= 0.3 is 6.18 Å². The van der Waals surface area contributed by atoms with E-state index in [0.717, 1.165) is 6.07 Å². The Morgan fingerprint density at radius 2 is 1.94 bits per heavy atom. The molecule has 1 saturated heterocycles. The number of imidazole rings is 1. The van der Waals surface area contributed by atoms with Gasteiger partial charge in [-0.2, -0.15) is 18.3 Å². The molecule has 0 aliphatic carbocycles. The smallest absolute Gasteiger partial charge is 0.423 e. The number of hydrogen-bond donors (Lipinski definition) is 0. The predicted molar refractivity (Wildman–Crippen MR) is 106 cm³/mol. The molecule has 32 heavy (non-hydrogen) atoms. The molecule has 0 aromatic carbocycles. The summed E-state index contributed by atoms with van der Waals surface area (Å²) in [7, 11) is 0. The second kappa shape index (κ2) is 7.55. The van der Waals surface area contributed by atoms with Crippen LogP contribution in [0.3, 0.4) is 0 Å². The second-order valence-electron chi connectivity index (χ2n) is 7.53. The largest absolute Gasteiger partial charge is 0.435 e. The summed E-state index contributed by atoms with van der Waals surface area (Å²) in [5.74, 6) is 1.48. The Kier molecular flexibility index (Phi) is 4.81. The minimum Gasteiger partial charge on any atom is -0.423 e. The van der Waals surface area contributed by atoms with E-state index in [9.17, 15) is 13.2 Å². The van der Waals surface area contributed by atoms with Crippen LogP contribution in [0.1, 0.15) is 30.5 Å². The molecular formula is C20H18F3N7O2. The summed E-state index contributed by atoms with van der Waals surface area (Å²) in [6.07, 6.45) is -2.00. The highest BCUT2D eigenvalue weighted by Crippen LogP contribution is 2.31. The lowest BCUT2D eigenvalue weighted by Crippen LogP contribution is -2.43. The Hall–Kier alpha value is -3.54. The Morgan fingerprint density at radius 1 is 1.09 bits per heavy atom. The number of morpholine rings is 1. The Balaban J connectivity index is 1.48. The zero-order valence-corrected chi connectivity index (χ0v) is 17.1. The van der Waals surface area contributed by atoms with Crippen LogP contribution in [0.5, 0.6) is 0 Å². The maximum Gasteiger partial charge on any atom is 0.435 e. The van der Waals surface area contributed by atoms with E-state index in [1.807, 2.05) is 11.8 Å². The minimum absolute atomic E-state index is 0.127. The monoisotopic (exact) mass is 445 g/mol. The first-order valence-corrected chi connectivity index (χ1v) is 9.87. The van der Waals surface area contributed by atoms with Gasteiger partial charge in [0, 0.05) is 25.2 Å². The molecular weight excluding hydrogens is 427 g/mol. The highest BCUT2D eigenvalue weighted by atomic mass is 19.4. The highest BCUT2D eigenvalue weighted by Gasteiger charge is 2.34. The molecule has 1 aliphatic heterocycles. The number of rotatable bonds is 3. The van der Waals surface area contributed by atoms with Crippen LogP contribution in [-0.2, 0) is 10.9 Å². The fraction of sp³-hybridized carbons (Fsp3) is 0.350. The van der Waals surface area contributed by atoms with Gasteiger partial charge in [0.2, 0.25) is 11.8 Å². The molecule has 9 nitrogen and oxygen atoms in total. The first-order valence-electron chi connectivity index (χ1n) is 9.87. The van der Waals surface area contributed by atoms with Crippen molar-refractivity contribution < 1.29 is 22.3 Å². The van der Waals surface area contributed by atoms with E-state index in [1.165, 1.54) is 16.8 Å². The van der Waals surface area contributed by atoms with E-state index < -0.39 is 18.0 Å². The lowest BCUT2D eigenvalue weighted by molar-refractivity contribution is -0.141. The molecule has 166 valence electrons. The SMILES string of the molecule is Cc1nnc([C@@H]2CN(c3cc(-c4cnc5ccc(C(F)(F)F)nn45)ccn3)C[C@H](C)O2)o1. The third-order valence-electron chi connectivity index (χ3n) is 5.10. The molecule has 5 heterocycles. The lowest BCUT2D eigenvalue weighted by Gasteiger charge is -2.36. The van der Waals surface area contributed by atoms with E-state index in [4.69, 9.17) is 9.15 Å². The van der Waals surface area contributed by atoms with Crippen LogP contribution < -0.4 is 4.90 Å². The summed E-state index contributed by atoms with van der Waals surface area (Å²) in [5, 5.41) is 11.6. The summed E-state index contributed by atoms with van der Waals surface area (Å²) in [5.41, 5.74) is 0.398. The number of anilines is 1. The van der Waals surface area contributed by atoms with Gasteiger partial charge in [-0.15, -0.1) is 10.2 Å². The number of ether oxygens (including phenoxy) is 1. The van der Waals surface area contributed by atoms with Crippen molar-refractivity contribution in [3.63, 3.8) is 0 Å². The number of nitrogens with zero attached hydrogens (tertiary/aromatic N) is 7. The van der Waals surface area contributed by atoms with Gasteiger partial charge in [-0.1, -0.05) is 0 Å². The molecule has 0 radical (unpaired) electrons. The molecule has 0 bridgehead atoms. The molecule has 4 aromatic heterocycles. The first kappa shape index (κ1) is 20.4. The molecule has 0 spiro atoms. The zero-order chi connectivity index (χ0) is 22.5. The van der Waals surface area contributed by atoms with Crippen LogP contribution in [0.2, 0.25) is 0 Å². The molecule has 2 atom stereocenters. The van der Waals surface area contributed by atoms with Gasteiger partial charge in [-0.3, -0.25) is 0 Å². The molecule has 0 unspecified atom stereocenters. The lowest BCUT2D eigenvalue weighted by atomic mass is 10.1. The van der Waals surface area contributed by atoms with Gasteiger partial charge in [0.25, 0.3) is 0 Å². The van der Waals surface area contributed by atoms with Crippen LogP contribution >= 0.6 is 0 Å². The van der Waals surface area contributed by atoms with Crippen LogP contribution in [0, 0.1) is 6.92 Å². The first-order chi connectivity index (χ1) is 15.3. The van der Waals surface area contributed by atoms with Gasteiger partial charge in [0.15, 0.2) is 17.4 Å². The van der Waals surface area contributed by atoms with Crippen molar-refractivity contribution in [3.8, 4) is 11.3 Å². The molecule has 12 heteroatoms. The number of halogens is 3. The molecule has 1 fully saturated rings. The topological polar surface area (TPSA) is 94.5 Å². The number of aryl methyl sites for hydroxylation is 1. The van der Waals surface area contributed by atoms with Crippen molar-refractivity contribution >= 4 is 11.5 Å². The van der Waals surface area contributed by atoms with Crippen molar-refractivity contribution in [2.45, 2.75) is 32.2 Å². The summed E-state index contributed by atoms with van der Waals surface area (Å²) in [6.45, 7) is 4.65. The highest BCUT2D eigenvalue weighted by molar-refractivity contribution is 5.66. The van der Waals surface area contributed by atoms with Gasteiger partial charge in [0.05, 0.1) is 24.5 Å². The Bertz CT molecular complexity index is 1270. The standard InChI is InChI=1S/C20H18F3N7O2/c1-11-9-29(10-15(31-11)19-27-26-12(2)32-19)18-7-13(5-6-24-18)14-8-25-17-4-3-16(20(21,22)23)28-30(14)17/h3-8,11,15H,9-10H2,1-2H3/t11-,15-/m0/s1. The summed E-state index contributed by atoms with van der Waals surface area (Å²) < 4.78 is 52.1. The number of hydrogen-bond acceptors (Lipinski definition) is 8. The molecule has 1 aliphatic rings. The van der Waals surface area contributed by atoms with E-state index >= 15 is 0 Å². The number of alkyl halides is 3. The van der Waals surface area contributed by atoms with Gasteiger partial charge < -0.3 is 14.1 Å². The second-order valence-corrected chi connectivity index (χ2v) is 7.53. The van der Waals surface area contributed by atoms with Crippen LogP contribution in [-0.4, -0.2) is 49.0 Å². The summed E-state index contributed by atoms with van der Waals surface area (Å²) in [4.78, 5) is 10.6. The van der Waals surface area contributed by atoms with Crippen molar-refractivity contribution in [2.24, 2.45) is 0 Å². The molecule has 0 saturated carbocycles. The maximum absolute atomic E-state index is 13.1. The molecule has 0 amide bonds. The van der Waals surface area contributed by atoms with Crippen molar-refractivity contribution in [1.29, 1.82) is 0 Å². The van der Waals surface area contributed by atoms with E-state index in [1.54, 1.807) is 25.3 Å². The number of aromatic nitrogens is 6. The quantitative estimate of drug-likeness (QED) is 0.473. The van der Waals surface area contributed by atoms with Gasteiger partial charge in [-0.05, 0) is 31.2 Å². The van der Waals surface area contributed by atoms with Gasteiger partial charge in [0.1, 0.15) is 5.82 Å². The Morgan fingerprint density at radius 3 is 2.69 bits per heavy atom. The minimum atomic E-state index is -4.55. The normalized spacial score (nSPS) is 19.6. The van der Waals surface area contributed by atoms with E-state index in [-0.39, 0.29) is 6.10 Å². The average molecular weight is 445 g/mol. The molecule has 0 N–H and O–H groups in total. The third kappa shape index (κ3) is 3.77. The van der Waals surface area contributed by atoms with Crippen LogP contribution in [0.4, 0.5) is 19.0 Å². The van der Waals surface area contributed by atoms with Crippen molar-refractivity contribution in [2.75, 3.05) is 18.0 Å². The average Bonchev–Trinajstić information content (AvgIpc) is 3.38. The molecule has 4 aromatic rings. The zero-order valence-electron chi connectivity index (χ0n) is 17.1. The van der Waals surface area contributed by atoms with Crippen molar-refractivity contribution in [3.05, 3.63) is 54.1 Å². The van der Waals surface area contributed by atoms with Crippen LogP contribution in [0.25, 0.3) is 16.9 Å². The van der Waals surface area contributed by atoms with Crippen molar-refractivity contribution in [1.82, 2.24) is 29.8 Å². The fourth-order valence-electron chi connectivity index (χ4n) is 3.69. The van der Waals surface area contributed by atoms with Gasteiger partial charge in [-0.25, -0.2) is 14.5 Å². The fourth-order valence-corrected chi connectivity index (χ4v) is 3.69. The van der Waals surface area contributed by atoms with Crippen LogP contribution in [0.15, 0.2) is 41.1 Å². The summed E-state index contributed by atoms with van der Waals surface area (Å²) in [6, 6.07) is 5.71. The van der Waals surface area contributed by atoms with E-state index in [0.29, 0.717) is 47.6 Å². The molecule has 5 rings (SSSR count). The van der Waals surface area contributed by atoms with E-state index in [2.05, 4.69) is 25.3 Å².